The largest absolute Gasteiger partial charge is 0.423 e. The van der Waals surface area contributed by atoms with Crippen molar-refractivity contribution in [2.24, 2.45) is 0 Å². The van der Waals surface area contributed by atoms with Gasteiger partial charge in [0.15, 0.2) is 6.04 Å². The summed E-state index contributed by atoms with van der Waals surface area (Å²) in [5.41, 5.74) is 3.61. The van der Waals surface area contributed by atoms with Crippen molar-refractivity contribution in [2.45, 2.75) is 25.9 Å². The van der Waals surface area contributed by atoms with Crippen LogP contribution in [0.3, 0.4) is 0 Å². The molecule has 0 spiro atoms. The fraction of sp³-hybridized carbons (Fsp3) is 0.375. The summed E-state index contributed by atoms with van der Waals surface area (Å²) in [5, 5.41) is 3.22. The van der Waals surface area contributed by atoms with Crippen LogP contribution in [0.2, 0.25) is 0 Å². The number of benzene rings is 2. The van der Waals surface area contributed by atoms with Gasteiger partial charge in [0.2, 0.25) is 0 Å². The second kappa shape index (κ2) is 9.51. The maximum absolute atomic E-state index is 13.4. The molecule has 2 aromatic carbocycles. The molecular weight excluding hydrogens is 383 g/mol. The Bertz CT molecular complexity index is 1040. The van der Waals surface area contributed by atoms with Gasteiger partial charge >= 0.3 is 5.63 Å². The number of aryl methyl sites for hydroxylation is 1. The SMILES string of the molecule is CCc1ccc2c(C[NH2+]C[C@H](c3ccc(F)cc3)[NH+]3CCOCC3)cc(=O)oc2c1. The third kappa shape index (κ3) is 4.78. The normalized spacial score (nSPS) is 16.1. The van der Waals surface area contributed by atoms with E-state index in [1.54, 1.807) is 6.07 Å². The minimum Gasteiger partial charge on any atom is -0.423 e. The number of nitrogens with two attached hydrogens (primary N) is 1. The van der Waals surface area contributed by atoms with E-state index < -0.39 is 0 Å². The molecule has 1 aromatic heterocycles. The first-order valence-corrected chi connectivity index (χ1v) is 10.7. The standard InChI is InChI=1S/C24H27FN2O3/c1-2-17-3-8-21-19(14-24(28)30-23(21)13-17)15-26-16-22(27-9-11-29-12-10-27)18-4-6-20(25)7-5-18/h3-8,13-14,22,26H,2,9-12,15-16H2,1H3/p+2/t22-/m1/s1. The Labute approximate surface area is 175 Å². The van der Waals surface area contributed by atoms with Crippen LogP contribution >= 0.6 is 0 Å². The van der Waals surface area contributed by atoms with E-state index in [1.807, 2.05) is 24.3 Å². The van der Waals surface area contributed by atoms with Gasteiger partial charge < -0.3 is 19.4 Å². The minimum absolute atomic E-state index is 0.215. The summed E-state index contributed by atoms with van der Waals surface area (Å²) in [5.74, 6) is -0.215. The van der Waals surface area contributed by atoms with Crippen LogP contribution in [0.5, 0.6) is 0 Å². The zero-order chi connectivity index (χ0) is 20.9. The van der Waals surface area contributed by atoms with E-state index in [2.05, 4.69) is 18.3 Å². The van der Waals surface area contributed by atoms with Crippen molar-refractivity contribution in [3.8, 4) is 0 Å². The van der Waals surface area contributed by atoms with Crippen LogP contribution in [0.1, 0.15) is 29.7 Å². The lowest BCUT2D eigenvalue weighted by Gasteiger charge is -2.30. The monoisotopic (exact) mass is 412 g/mol. The summed E-state index contributed by atoms with van der Waals surface area (Å²) >= 11 is 0. The number of quaternary nitrogens is 2. The van der Waals surface area contributed by atoms with Gasteiger partial charge in [-0.3, -0.25) is 0 Å². The summed E-state index contributed by atoms with van der Waals surface area (Å²) in [7, 11) is 0. The van der Waals surface area contributed by atoms with Gasteiger partial charge in [-0.2, -0.15) is 0 Å². The van der Waals surface area contributed by atoms with Crippen molar-refractivity contribution >= 4 is 11.0 Å². The fourth-order valence-corrected chi connectivity index (χ4v) is 4.28. The quantitative estimate of drug-likeness (QED) is 0.574. The topological polar surface area (TPSA) is 60.5 Å². The number of ether oxygens (including phenoxy) is 1. The lowest BCUT2D eigenvalue weighted by Crippen LogP contribution is -3.16. The number of rotatable bonds is 7. The van der Waals surface area contributed by atoms with E-state index in [0.717, 1.165) is 61.3 Å². The number of hydrogen-bond donors (Lipinski definition) is 2. The van der Waals surface area contributed by atoms with E-state index in [9.17, 15) is 9.18 Å². The van der Waals surface area contributed by atoms with Crippen molar-refractivity contribution in [3.05, 3.63) is 81.5 Å². The van der Waals surface area contributed by atoms with E-state index in [-0.39, 0.29) is 17.5 Å². The lowest BCUT2D eigenvalue weighted by molar-refractivity contribution is -0.952. The van der Waals surface area contributed by atoms with Crippen LogP contribution in [0.15, 0.2) is 57.7 Å². The maximum Gasteiger partial charge on any atom is 0.336 e. The molecule has 4 rings (SSSR count). The summed E-state index contributed by atoms with van der Waals surface area (Å²) < 4.78 is 24.4. The predicted molar refractivity (Wildman–Crippen MR) is 113 cm³/mol. The van der Waals surface area contributed by atoms with E-state index >= 15 is 0 Å². The molecule has 158 valence electrons. The molecule has 3 aromatic rings. The molecule has 0 bridgehead atoms. The lowest BCUT2D eigenvalue weighted by atomic mass is 10.0. The highest BCUT2D eigenvalue weighted by molar-refractivity contribution is 5.80. The van der Waals surface area contributed by atoms with Gasteiger partial charge in [0.05, 0.1) is 13.2 Å². The molecule has 6 heteroatoms. The van der Waals surface area contributed by atoms with Crippen LogP contribution in [0, 0.1) is 5.82 Å². The Morgan fingerprint density at radius 3 is 2.60 bits per heavy atom. The Kier molecular flexibility index (Phi) is 6.57. The summed E-state index contributed by atoms with van der Waals surface area (Å²) in [6.07, 6.45) is 0.900. The predicted octanol–water partition coefficient (Wildman–Crippen LogP) is 1.21. The molecule has 0 amide bonds. The van der Waals surface area contributed by atoms with Crippen LogP contribution in [0.4, 0.5) is 4.39 Å². The van der Waals surface area contributed by atoms with E-state index in [0.29, 0.717) is 12.1 Å². The van der Waals surface area contributed by atoms with E-state index in [1.165, 1.54) is 17.0 Å². The molecule has 1 saturated heterocycles. The molecule has 1 fully saturated rings. The molecule has 0 aliphatic carbocycles. The van der Waals surface area contributed by atoms with Crippen molar-refractivity contribution in [1.82, 2.24) is 0 Å². The molecule has 0 saturated carbocycles. The molecule has 2 heterocycles. The molecule has 0 unspecified atom stereocenters. The van der Waals surface area contributed by atoms with Crippen molar-refractivity contribution in [1.29, 1.82) is 0 Å². The van der Waals surface area contributed by atoms with Gasteiger partial charge in [-0.25, -0.2) is 9.18 Å². The first-order chi connectivity index (χ1) is 14.6. The highest BCUT2D eigenvalue weighted by Gasteiger charge is 2.28. The van der Waals surface area contributed by atoms with Gasteiger partial charge in [-0.1, -0.05) is 19.1 Å². The first-order valence-electron chi connectivity index (χ1n) is 10.7. The Hall–Kier alpha value is -2.54. The number of hydrogen-bond acceptors (Lipinski definition) is 3. The number of halogens is 1. The number of nitrogens with one attached hydrogen (secondary N) is 1. The molecule has 3 N–H and O–H groups in total. The van der Waals surface area contributed by atoms with Gasteiger partial charge in [0.25, 0.3) is 0 Å². The zero-order valence-corrected chi connectivity index (χ0v) is 17.3. The molecule has 1 atom stereocenters. The summed E-state index contributed by atoms with van der Waals surface area (Å²) in [4.78, 5) is 13.5. The number of fused-ring (bicyclic) bond motifs is 1. The third-order valence-corrected chi connectivity index (χ3v) is 5.97. The third-order valence-electron chi connectivity index (χ3n) is 5.97. The average Bonchev–Trinajstić information content (AvgIpc) is 2.77. The first kappa shape index (κ1) is 20.7. The maximum atomic E-state index is 13.4. The zero-order valence-electron chi connectivity index (χ0n) is 17.3. The minimum atomic E-state index is -0.312. The van der Waals surface area contributed by atoms with Gasteiger partial charge in [0.1, 0.15) is 37.6 Å². The Morgan fingerprint density at radius 2 is 1.87 bits per heavy atom. The molecule has 0 radical (unpaired) electrons. The smallest absolute Gasteiger partial charge is 0.336 e. The second-order valence-corrected chi connectivity index (χ2v) is 7.88. The summed E-state index contributed by atoms with van der Waals surface area (Å²) in [6, 6.07) is 14.8. The molecular formula is C24H29FN2O3+2. The van der Waals surface area contributed by atoms with Gasteiger partial charge in [-0.05, 0) is 42.3 Å². The Balaban J connectivity index is 1.53. The highest BCUT2D eigenvalue weighted by atomic mass is 19.1. The van der Waals surface area contributed by atoms with Crippen LogP contribution in [-0.2, 0) is 17.7 Å². The van der Waals surface area contributed by atoms with Crippen LogP contribution in [-0.4, -0.2) is 32.8 Å². The average molecular weight is 413 g/mol. The van der Waals surface area contributed by atoms with Gasteiger partial charge in [0, 0.05) is 22.6 Å². The van der Waals surface area contributed by atoms with Gasteiger partial charge in [-0.15, -0.1) is 0 Å². The van der Waals surface area contributed by atoms with Crippen molar-refractivity contribution in [2.75, 3.05) is 32.8 Å². The molecule has 1 aliphatic rings. The van der Waals surface area contributed by atoms with Crippen molar-refractivity contribution in [3.63, 3.8) is 0 Å². The number of morpholine rings is 1. The van der Waals surface area contributed by atoms with Crippen LogP contribution in [0.25, 0.3) is 11.0 Å². The van der Waals surface area contributed by atoms with Crippen molar-refractivity contribution < 1.29 is 23.8 Å². The highest BCUT2D eigenvalue weighted by Crippen LogP contribution is 2.18. The molecule has 1 aliphatic heterocycles. The second-order valence-electron chi connectivity index (χ2n) is 7.88. The Morgan fingerprint density at radius 1 is 1.10 bits per heavy atom. The summed E-state index contributed by atoms with van der Waals surface area (Å²) in [6.45, 7) is 6.99. The fourth-order valence-electron chi connectivity index (χ4n) is 4.28. The van der Waals surface area contributed by atoms with E-state index in [4.69, 9.17) is 9.15 Å². The molecule has 30 heavy (non-hydrogen) atoms. The van der Waals surface area contributed by atoms with Crippen LogP contribution < -0.4 is 15.8 Å². The molecule has 5 nitrogen and oxygen atoms in total.